The number of halogens is 1. The number of aromatic nitrogens is 3. The first kappa shape index (κ1) is 20.5. The number of hydrogen-bond acceptors (Lipinski definition) is 4. The molecule has 1 N–H and O–H groups in total. The lowest BCUT2D eigenvalue weighted by Gasteiger charge is -2.37. The number of aliphatic imine (C=N–C) groups is 1. The lowest BCUT2D eigenvalue weighted by atomic mass is 10.2. The Labute approximate surface area is 172 Å². The van der Waals surface area contributed by atoms with Crippen molar-refractivity contribution in [1.29, 1.82) is 0 Å². The fourth-order valence-corrected chi connectivity index (χ4v) is 3.05. The number of benzene rings is 1. The number of para-hydroxylation sites is 1. The van der Waals surface area contributed by atoms with E-state index in [0.717, 1.165) is 51.1 Å². The first-order valence-electron chi connectivity index (χ1n) is 9.01. The second-order valence-corrected chi connectivity index (χ2v) is 6.01. The summed E-state index contributed by atoms with van der Waals surface area (Å²) >= 11 is 0. The van der Waals surface area contributed by atoms with E-state index in [2.05, 4.69) is 69.5 Å². The van der Waals surface area contributed by atoms with Gasteiger partial charge in [-0.2, -0.15) is 0 Å². The van der Waals surface area contributed by atoms with Crippen LogP contribution >= 0.6 is 24.0 Å². The van der Waals surface area contributed by atoms with E-state index in [4.69, 9.17) is 4.99 Å². The van der Waals surface area contributed by atoms with Crippen LogP contribution in [0.5, 0.6) is 0 Å². The molecule has 142 valence electrons. The maximum absolute atomic E-state index is 4.78. The zero-order valence-electron chi connectivity index (χ0n) is 15.5. The number of aryl methyl sites for hydroxylation is 1. The Kier molecular flexibility index (Phi) is 8.14. The smallest absolute Gasteiger partial charge is 0.194 e. The Morgan fingerprint density at radius 1 is 1.12 bits per heavy atom. The van der Waals surface area contributed by atoms with Crippen LogP contribution in [-0.4, -0.2) is 58.3 Å². The molecule has 0 radical (unpaired) electrons. The lowest BCUT2D eigenvalue weighted by molar-refractivity contribution is 0.372. The van der Waals surface area contributed by atoms with Gasteiger partial charge < -0.3 is 19.7 Å². The molecule has 0 unspecified atom stereocenters. The molecule has 7 nitrogen and oxygen atoms in total. The van der Waals surface area contributed by atoms with Crippen molar-refractivity contribution >= 4 is 35.6 Å². The van der Waals surface area contributed by atoms with Crippen LogP contribution in [0.25, 0.3) is 0 Å². The molecule has 1 aromatic heterocycles. The van der Waals surface area contributed by atoms with E-state index in [1.807, 2.05) is 4.57 Å². The molecule has 0 amide bonds. The molecular weight excluding hydrogens is 441 g/mol. The van der Waals surface area contributed by atoms with E-state index in [1.54, 1.807) is 6.33 Å². The average molecular weight is 469 g/mol. The van der Waals surface area contributed by atoms with Crippen LogP contribution in [-0.2, 0) is 13.1 Å². The van der Waals surface area contributed by atoms with Gasteiger partial charge in [0.1, 0.15) is 12.9 Å². The summed E-state index contributed by atoms with van der Waals surface area (Å²) in [4.78, 5) is 9.53. The largest absolute Gasteiger partial charge is 0.368 e. The van der Waals surface area contributed by atoms with E-state index in [0.29, 0.717) is 6.54 Å². The van der Waals surface area contributed by atoms with E-state index in [1.165, 1.54) is 5.69 Å². The molecule has 0 saturated carbocycles. The highest BCUT2D eigenvalue weighted by atomic mass is 127. The van der Waals surface area contributed by atoms with Gasteiger partial charge >= 0.3 is 0 Å². The van der Waals surface area contributed by atoms with E-state index >= 15 is 0 Å². The lowest BCUT2D eigenvalue weighted by Crippen LogP contribution is -2.52. The number of piperazine rings is 1. The van der Waals surface area contributed by atoms with Gasteiger partial charge in [-0.05, 0) is 26.0 Å². The van der Waals surface area contributed by atoms with Crippen molar-refractivity contribution in [2.24, 2.45) is 4.99 Å². The van der Waals surface area contributed by atoms with Gasteiger partial charge in [-0.25, -0.2) is 4.99 Å². The third-order valence-corrected chi connectivity index (χ3v) is 4.44. The van der Waals surface area contributed by atoms with Gasteiger partial charge in [-0.15, -0.1) is 34.2 Å². The summed E-state index contributed by atoms with van der Waals surface area (Å²) < 4.78 is 2.03. The van der Waals surface area contributed by atoms with Crippen LogP contribution in [0.4, 0.5) is 5.69 Å². The van der Waals surface area contributed by atoms with Crippen molar-refractivity contribution in [2.75, 3.05) is 37.6 Å². The van der Waals surface area contributed by atoms with Crippen molar-refractivity contribution in [3.05, 3.63) is 42.5 Å². The van der Waals surface area contributed by atoms with Crippen molar-refractivity contribution in [2.45, 2.75) is 26.9 Å². The second-order valence-electron chi connectivity index (χ2n) is 6.01. The minimum absolute atomic E-state index is 0. The highest BCUT2D eigenvalue weighted by Crippen LogP contribution is 2.15. The fraction of sp³-hybridized carbons (Fsp3) is 0.500. The zero-order valence-corrected chi connectivity index (χ0v) is 17.8. The van der Waals surface area contributed by atoms with Crippen molar-refractivity contribution in [3.8, 4) is 0 Å². The normalized spacial score (nSPS) is 14.9. The van der Waals surface area contributed by atoms with Gasteiger partial charge in [-0.3, -0.25) is 0 Å². The second kappa shape index (κ2) is 10.3. The van der Waals surface area contributed by atoms with Gasteiger partial charge in [0, 0.05) is 45.0 Å². The number of anilines is 1. The maximum atomic E-state index is 4.78. The number of nitrogens with one attached hydrogen (secondary N) is 1. The summed E-state index contributed by atoms with van der Waals surface area (Å²) in [7, 11) is 0. The molecule has 0 spiro atoms. The van der Waals surface area contributed by atoms with Crippen molar-refractivity contribution in [1.82, 2.24) is 25.0 Å². The Morgan fingerprint density at radius 2 is 1.85 bits per heavy atom. The van der Waals surface area contributed by atoms with E-state index in [9.17, 15) is 0 Å². The van der Waals surface area contributed by atoms with Crippen molar-refractivity contribution < 1.29 is 0 Å². The SMILES string of the molecule is CCNC(=NCc1nncn1CC)N1CCN(c2ccccc2)CC1.I. The average Bonchev–Trinajstić information content (AvgIpc) is 3.13. The Hall–Kier alpha value is -1.84. The molecular formula is C18H28IN7. The molecule has 26 heavy (non-hydrogen) atoms. The molecule has 0 atom stereocenters. The quantitative estimate of drug-likeness (QED) is 0.414. The highest BCUT2D eigenvalue weighted by Gasteiger charge is 2.19. The van der Waals surface area contributed by atoms with Gasteiger partial charge in [0.2, 0.25) is 0 Å². The van der Waals surface area contributed by atoms with Crippen LogP contribution in [0.3, 0.4) is 0 Å². The number of guanidine groups is 1. The minimum Gasteiger partial charge on any atom is -0.368 e. The molecule has 1 aliphatic heterocycles. The number of nitrogens with zero attached hydrogens (tertiary/aromatic N) is 6. The summed E-state index contributed by atoms with van der Waals surface area (Å²) in [5.74, 6) is 1.86. The highest BCUT2D eigenvalue weighted by molar-refractivity contribution is 14.0. The Balaban J connectivity index is 0.00000243. The minimum atomic E-state index is 0. The Morgan fingerprint density at radius 3 is 2.50 bits per heavy atom. The van der Waals surface area contributed by atoms with Crippen LogP contribution < -0.4 is 10.2 Å². The molecule has 1 aliphatic rings. The zero-order chi connectivity index (χ0) is 17.5. The molecule has 1 saturated heterocycles. The standard InChI is InChI=1S/C18H27N7.HI/c1-3-19-18(20-14-17-22-21-15-23(17)4-2)25-12-10-24(11-13-25)16-8-6-5-7-9-16;/h5-9,15H,3-4,10-14H2,1-2H3,(H,19,20);1H. The van der Waals surface area contributed by atoms with Crippen LogP contribution in [0, 0.1) is 0 Å². The molecule has 0 aliphatic carbocycles. The van der Waals surface area contributed by atoms with Crippen LogP contribution in [0.1, 0.15) is 19.7 Å². The number of hydrogen-bond donors (Lipinski definition) is 1. The molecule has 2 aromatic rings. The predicted molar refractivity (Wildman–Crippen MR) is 116 cm³/mol. The number of rotatable bonds is 5. The van der Waals surface area contributed by atoms with E-state index in [-0.39, 0.29) is 24.0 Å². The molecule has 3 rings (SSSR count). The summed E-state index contributed by atoms with van der Waals surface area (Å²) in [6.45, 7) is 10.4. The molecule has 8 heteroatoms. The van der Waals surface area contributed by atoms with Crippen LogP contribution in [0.2, 0.25) is 0 Å². The third-order valence-electron chi connectivity index (χ3n) is 4.44. The first-order chi connectivity index (χ1) is 12.3. The Bertz CT molecular complexity index is 678. The summed E-state index contributed by atoms with van der Waals surface area (Å²) in [5, 5.41) is 11.6. The summed E-state index contributed by atoms with van der Waals surface area (Å²) in [6, 6.07) is 10.6. The van der Waals surface area contributed by atoms with E-state index < -0.39 is 0 Å². The molecule has 1 fully saturated rings. The maximum Gasteiger partial charge on any atom is 0.194 e. The third kappa shape index (κ3) is 5.09. The predicted octanol–water partition coefficient (Wildman–Crippen LogP) is 2.20. The summed E-state index contributed by atoms with van der Waals surface area (Å²) in [6.07, 6.45) is 1.76. The van der Waals surface area contributed by atoms with Crippen molar-refractivity contribution in [3.63, 3.8) is 0 Å². The monoisotopic (exact) mass is 469 g/mol. The van der Waals surface area contributed by atoms with Gasteiger partial charge in [-0.1, -0.05) is 18.2 Å². The molecule has 2 heterocycles. The first-order valence-corrected chi connectivity index (χ1v) is 9.01. The molecule has 1 aromatic carbocycles. The molecule has 0 bridgehead atoms. The van der Waals surface area contributed by atoms with Gasteiger partial charge in [0.05, 0.1) is 0 Å². The fourth-order valence-electron chi connectivity index (χ4n) is 3.05. The van der Waals surface area contributed by atoms with Gasteiger partial charge in [0.25, 0.3) is 0 Å². The van der Waals surface area contributed by atoms with Gasteiger partial charge in [0.15, 0.2) is 11.8 Å². The van der Waals surface area contributed by atoms with Crippen LogP contribution in [0.15, 0.2) is 41.7 Å². The summed E-state index contributed by atoms with van der Waals surface area (Å²) in [5.41, 5.74) is 1.29. The topological polar surface area (TPSA) is 61.6 Å².